The first-order valence-electron chi connectivity index (χ1n) is 10.2. The molecule has 0 aliphatic carbocycles. The van der Waals surface area contributed by atoms with Crippen molar-refractivity contribution in [1.29, 1.82) is 0 Å². The van der Waals surface area contributed by atoms with E-state index in [1.807, 2.05) is 31.2 Å². The van der Waals surface area contributed by atoms with Gasteiger partial charge in [-0.2, -0.15) is 10.1 Å². The van der Waals surface area contributed by atoms with Gasteiger partial charge in [0.1, 0.15) is 16.7 Å². The number of pyridine rings is 1. The number of aromatic amines is 1. The fraction of sp³-hybridized carbons (Fsp3) is 0.286. The van der Waals surface area contributed by atoms with Gasteiger partial charge in [0.2, 0.25) is 11.8 Å². The molecule has 0 saturated carbocycles. The third-order valence-electron chi connectivity index (χ3n) is 5.25. The van der Waals surface area contributed by atoms with Crippen LogP contribution >= 0.6 is 11.6 Å². The van der Waals surface area contributed by atoms with E-state index in [-0.39, 0.29) is 6.04 Å². The predicted octanol–water partition coefficient (Wildman–Crippen LogP) is 4.31. The maximum absolute atomic E-state index is 6.31. The molecule has 32 heavy (non-hydrogen) atoms. The van der Waals surface area contributed by atoms with Crippen LogP contribution in [0.3, 0.4) is 0 Å². The number of methoxy groups -OCH3 is 1. The minimum absolute atomic E-state index is 0.0575. The van der Waals surface area contributed by atoms with Gasteiger partial charge in [0.25, 0.3) is 0 Å². The molecule has 1 saturated heterocycles. The minimum atomic E-state index is -0.0575. The summed E-state index contributed by atoms with van der Waals surface area (Å²) in [5.74, 6) is 2.97. The van der Waals surface area contributed by atoms with Gasteiger partial charge in [-0.1, -0.05) is 16.8 Å². The highest BCUT2D eigenvalue weighted by Crippen LogP contribution is 2.38. The first kappa shape index (κ1) is 20.3. The topological polar surface area (TPSA) is 118 Å². The van der Waals surface area contributed by atoms with E-state index in [9.17, 15) is 0 Å². The molecule has 10 nitrogen and oxygen atoms in total. The molecular weight excluding hydrogens is 432 g/mol. The van der Waals surface area contributed by atoms with Crippen LogP contribution in [-0.4, -0.2) is 44.0 Å². The molecule has 11 heteroatoms. The summed E-state index contributed by atoms with van der Waals surface area (Å²) in [6, 6.07) is 9.15. The van der Waals surface area contributed by atoms with E-state index in [0.717, 1.165) is 36.4 Å². The van der Waals surface area contributed by atoms with Crippen molar-refractivity contribution in [2.45, 2.75) is 25.8 Å². The number of hydrogen-bond donors (Lipinski definition) is 2. The van der Waals surface area contributed by atoms with Crippen LogP contribution in [0.4, 0.5) is 17.6 Å². The van der Waals surface area contributed by atoms with Crippen molar-refractivity contribution in [3.05, 3.63) is 53.1 Å². The van der Waals surface area contributed by atoms with Gasteiger partial charge in [0.05, 0.1) is 18.7 Å². The van der Waals surface area contributed by atoms with Crippen LogP contribution in [0.15, 0.2) is 41.1 Å². The molecule has 0 aromatic carbocycles. The van der Waals surface area contributed by atoms with Gasteiger partial charge in [-0.25, -0.2) is 9.97 Å². The maximum Gasteiger partial charge on any atom is 0.229 e. The van der Waals surface area contributed by atoms with Crippen molar-refractivity contribution >= 4 is 29.2 Å². The number of rotatable bonds is 6. The Kier molecular flexibility index (Phi) is 5.36. The van der Waals surface area contributed by atoms with Crippen LogP contribution < -0.4 is 15.0 Å². The zero-order valence-corrected chi connectivity index (χ0v) is 18.3. The molecule has 1 atom stereocenters. The van der Waals surface area contributed by atoms with E-state index in [2.05, 4.69) is 40.5 Å². The first-order valence-corrected chi connectivity index (χ1v) is 10.5. The van der Waals surface area contributed by atoms with E-state index >= 15 is 0 Å². The molecule has 0 unspecified atom stereocenters. The molecular formula is C21H21ClN8O2. The van der Waals surface area contributed by atoms with Crippen LogP contribution in [0.1, 0.15) is 30.3 Å². The molecule has 0 bridgehead atoms. The number of H-pyrrole nitrogens is 1. The lowest BCUT2D eigenvalue weighted by atomic mass is 10.1. The van der Waals surface area contributed by atoms with Gasteiger partial charge in [-0.15, -0.1) is 0 Å². The molecule has 2 N–H and O–H groups in total. The Morgan fingerprint density at radius 3 is 2.97 bits per heavy atom. The standard InChI is InChI=1S/C21H21ClN8O2/c1-12-9-19(28-27-12)25-18-11-17(22)24-21(26-18)30-8-4-6-15(30)16-10-14(29-32-16)13-5-3-7-23-20(13)31-2/h3,5,7,9-11,15H,4,6,8H2,1-2H3,(H2,24,25,26,27,28)/t15-/m0/s1. The first-order chi connectivity index (χ1) is 15.6. The molecule has 164 valence electrons. The summed E-state index contributed by atoms with van der Waals surface area (Å²) in [6.07, 6.45) is 3.53. The maximum atomic E-state index is 6.31. The van der Waals surface area contributed by atoms with Crippen molar-refractivity contribution < 1.29 is 9.26 Å². The quantitative estimate of drug-likeness (QED) is 0.412. The van der Waals surface area contributed by atoms with E-state index < -0.39 is 0 Å². The minimum Gasteiger partial charge on any atom is -0.481 e. The lowest BCUT2D eigenvalue weighted by molar-refractivity contribution is 0.361. The van der Waals surface area contributed by atoms with E-state index in [1.54, 1.807) is 19.4 Å². The van der Waals surface area contributed by atoms with Crippen LogP contribution in [0, 0.1) is 6.92 Å². The highest BCUT2D eigenvalue weighted by Gasteiger charge is 2.32. The van der Waals surface area contributed by atoms with E-state index in [1.165, 1.54) is 0 Å². The molecule has 4 aromatic rings. The van der Waals surface area contributed by atoms with Crippen molar-refractivity contribution in [2.75, 3.05) is 23.9 Å². The van der Waals surface area contributed by atoms with Gasteiger partial charge in [-0.3, -0.25) is 5.10 Å². The Balaban J connectivity index is 1.42. The largest absolute Gasteiger partial charge is 0.481 e. The molecule has 1 aliphatic rings. The Morgan fingerprint density at radius 1 is 1.25 bits per heavy atom. The number of halogens is 1. The fourth-order valence-electron chi connectivity index (χ4n) is 3.83. The van der Waals surface area contributed by atoms with Crippen LogP contribution in [-0.2, 0) is 0 Å². The van der Waals surface area contributed by atoms with E-state index in [4.69, 9.17) is 20.9 Å². The van der Waals surface area contributed by atoms with Gasteiger partial charge >= 0.3 is 0 Å². The van der Waals surface area contributed by atoms with Gasteiger partial charge in [-0.05, 0) is 31.9 Å². The number of ether oxygens (including phenoxy) is 1. The molecule has 0 radical (unpaired) electrons. The predicted molar refractivity (Wildman–Crippen MR) is 119 cm³/mol. The summed E-state index contributed by atoms with van der Waals surface area (Å²) < 4.78 is 11.1. The molecule has 0 spiro atoms. The lowest BCUT2D eigenvalue weighted by Crippen LogP contribution is -2.24. The Morgan fingerprint density at radius 2 is 2.16 bits per heavy atom. The number of hydrogen-bond acceptors (Lipinski definition) is 9. The van der Waals surface area contributed by atoms with E-state index in [0.29, 0.717) is 34.3 Å². The second-order valence-corrected chi connectivity index (χ2v) is 7.85. The Labute approximate surface area is 189 Å². The highest BCUT2D eigenvalue weighted by molar-refractivity contribution is 6.29. The Hall–Kier alpha value is -3.66. The van der Waals surface area contributed by atoms with Gasteiger partial charge in [0.15, 0.2) is 11.6 Å². The highest BCUT2D eigenvalue weighted by atomic mass is 35.5. The van der Waals surface area contributed by atoms with Gasteiger partial charge in [0, 0.05) is 36.6 Å². The second-order valence-electron chi connectivity index (χ2n) is 7.46. The molecule has 1 fully saturated rings. The summed E-state index contributed by atoms with van der Waals surface area (Å²) in [5, 5.41) is 14.8. The van der Waals surface area contributed by atoms with Crippen molar-refractivity contribution in [3.63, 3.8) is 0 Å². The summed E-state index contributed by atoms with van der Waals surface area (Å²) in [7, 11) is 1.58. The van der Waals surface area contributed by atoms with Crippen LogP contribution in [0.25, 0.3) is 11.3 Å². The zero-order chi connectivity index (χ0) is 22.1. The summed E-state index contributed by atoms with van der Waals surface area (Å²) >= 11 is 6.31. The van der Waals surface area contributed by atoms with Crippen molar-refractivity contribution in [1.82, 2.24) is 30.3 Å². The molecule has 0 amide bonds. The lowest BCUT2D eigenvalue weighted by Gasteiger charge is -2.23. The average Bonchev–Trinajstić information content (AvgIpc) is 3.54. The number of aryl methyl sites for hydroxylation is 1. The Bertz CT molecular complexity index is 1240. The number of anilines is 3. The van der Waals surface area contributed by atoms with Gasteiger partial charge < -0.3 is 19.5 Å². The van der Waals surface area contributed by atoms with Crippen LogP contribution in [0.2, 0.25) is 5.15 Å². The zero-order valence-electron chi connectivity index (χ0n) is 17.5. The summed E-state index contributed by atoms with van der Waals surface area (Å²) in [4.78, 5) is 15.4. The third-order valence-corrected chi connectivity index (χ3v) is 5.45. The summed E-state index contributed by atoms with van der Waals surface area (Å²) in [6.45, 7) is 2.70. The number of nitrogens with one attached hydrogen (secondary N) is 2. The third kappa shape index (κ3) is 3.96. The molecule has 1 aliphatic heterocycles. The van der Waals surface area contributed by atoms with Crippen LogP contribution in [0.5, 0.6) is 5.88 Å². The SMILES string of the molecule is COc1ncccc1-c1cc([C@@H]2CCCN2c2nc(Cl)cc(Nc3cc(C)[nH]n3)n2)on1. The smallest absolute Gasteiger partial charge is 0.229 e. The average molecular weight is 453 g/mol. The van der Waals surface area contributed by atoms with Crippen molar-refractivity contribution in [2.24, 2.45) is 0 Å². The molecule has 5 rings (SSSR count). The normalized spacial score (nSPS) is 15.8. The summed E-state index contributed by atoms with van der Waals surface area (Å²) in [5.41, 5.74) is 2.38. The van der Waals surface area contributed by atoms with Crippen molar-refractivity contribution in [3.8, 4) is 17.1 Å². The fourth-order valence-corrected chi connectivity index (χ4v) is 4.01. The molecule has 4 aromatic heterocycles. The second kappa shape index (κ2) is 8.46. The molecule has 5 heterocycles. The number of aromatic nitrogens is 6. The monoisotopic (exact) mass is 452 g/mol. The number of nitrogens with zero attached hydrogens (tertiary/aromatic N) is 6.